The zero-order valence-corrected chi connectivity index (χ0v) is 29.8. The maximum atomic E-state index is 4.81. The van der Waals surface area contributed by atoms with E-state index in [9.17, 15) is 0 Å². The maximum Gasteiger partial charge on any atom is 0.0968 e. The van der Waals surface area contributed by atoms with Gasteiger partial charge in [-0.15, -0.1) is 0 Å². The van der Waals surface area contributed by atoms with Crippen molar-refractivity contribution in [3.05, 3.63) is 167 Å². The Morgan fingerprint density at radius 3 is 2.04 bits per heavy atom. The monoisotopic (exact) mass is 681 g/mol. The molecule has 6 aromatic carbocycles. The first-order valence-corrected chi connectivity index (χ1v) is 19.3. The Balaban J connectivity index is 1.00. The van der Waals surface area contributed by atoms with Crippen LogP contribution in [0, 0.1) is 0 Å². The second-order valence-corrected chi connectivity index (χ2v) is 15.0. The molecule has 3 aliphatic rings. The van der Waals surface area contributed by atoms with Crippen molar-refractivity contribution in [2.24, 2.45) is 0 Å². The molecule has 0 fully saturated rings. The Kier molecular flexibility index (Phi) is 7.08. The standard InChI is InChI=1S/C50H39N3/c1-2-18-44-41(15-1)46-31-33(25-26-45(46)50-49(44)51-27-28-52-50)32-11-7-12-34(29-32)37-19-9-22-40-38(20-10-21-39(37)40)35-13-8-14-36(30-35)53-47-23-5-3-16-42(47)43-17-4-6-24-48(43)53/h1-3,7-16,18-22,27-31H,4-6,17,23-26H2. The number of aryl methyl sites for hydroxylation is 1. The lowest BCUT2D eigenvalue weighted by Crippen LogP contribution is -2.09. The fourth-order valence-electron chi connectivity index (χ4n) is 9.69. The summed E-state index contributed by atoms with van der Waals surface area (Å²) >= 11 is 0. The summed E-state index contributed by atoms with van der Waals surface area (Å²) in [7, 11) is 0. The zero-order chi connectivity index (χ0) is 34.9. The van der Waals surface area contributed by atoms with Gasteiger partial charge in [-0.1, -0.05) is 109 Å². The van der Waals surface area contributed by atoms with Crippen LogP contribution >= 0.6 is 0 Å². The fraction of sp³-hybridized carbons (Fsp3) is 0.160. The second-order valence-electron chi connectivity index (χ2n) is 15.0. The highest BCUT2D eigenvalue weighted by atomic mass is 15.0. The highest BCUT2D eigenvalue weighted by molar-refractivity contribution is 6.12. The molecule has 8 aromatic rings. The Bertz CT molecular complexity index is 2850. The predicted octanol–water partition coefficient (Wildman–Crippen LogP) is 12.4. The van der Waals surface area contributed by atoms with Crippen LogP contribution in [0.4, 0.5) is 0 Å². The molecule has 3 aliphatic carbocycles. The predicted molar refractivity (Wildman–Crippen MR) is 221 cm³/mol. The first-order chi connectivity index (χ1) is 26.3. The van der Waals surface area contributed by atoms with E-state index in [1.165, 1.54) is 114 Å². The molecule has 254 valence electrons. The summed E-state index contributed by atoms with van der Waals surface area (Å²) in [5, 5.41) is 4.99. The molecular formula is C50H39N3. The SMILES string of the molecule is C1=Cc2c3c(n(-c4cccc(-c5cccc6c(-c7cccc(C8=Cc9c(c%10nccnc%10c%10ccccc9%10)CC8)c7)cccc56)c4)c2CC1)CCCC3. The van der Waals surface area contributed by atoms with E-state index in [4.69, 9.17) is 9.97 Å². The van der Waals surface area contributed by atoms with Crippen molar-refractivity contribution >= 4 is 50.3 Å². The van der Waals surface area contributed by atoms with Gasteiger partial charge in [0.25, 0.3) is 0 Å². The number of nitrogens with zero attached hydrogens (tertiary/aromatic N) is 3. The van der Waals surface area contributed by atoms with Crippen molar-refractivity contribution in [3.8, 4) is 27.9 Å². The molecule has 0 N–H and O–H groups in total. The second kappa shape index (κ2) is 12.3. The van der Waals surface area contributed by atoms with E-state index in [1.54, 1.807) is 5.56 Å². The number of hydrogen-bond donors (Lipinski definition) is 0. The Labute approximate surface area is 310 Å². The zero-order valence-electron chi connectivity index (χ0n) is 29.8. The molecule has 0 atom stereocenters. The molecule has 0 radical (unpaired) electrons. The number of allylic oxidation sites excluding steroid dienone is 2. The average Bonchev–Trinajstić information content (AvgIpc) is 3.58. The van der Waals surface area contributed by atoms with Gasteiger partial charge in [-0.05, 0) is 141 Å². The van der Waals surface area contributed by atoms with E-state index >= 15 is 0 Å². The Morgan fingerprint density at radius 1 is 0.491 bits per heavy atom. The van der Waals surface area contributed by atoms with Gasteiger partial charge in [-0.25, -0.2) is 0 Å². The van der Waals surface area contributed by atoms with Crippen LogP contribution in [0.3, 0.4) is 0 Å². The molecule has 11 rings (SSSR count). The van der Waals surface area contributed by atoms with Gasteiger partial charge < -0.3 is 4.57 Å². The molecule has 53 heavy (non-hydrogen) atoms. The van der Waals surface area contributed by atoms with E-state index in [0.717, 1.165) is 36.7 Å². The highest BCUT2D eigenvalue weighted by Gasteiger charge is 2.26. The quantitative estimate of drug-likeness (QED) is 0.173. The van der Waals surface area contributed by atoms with Crippen molar-refractivity contribution in [1.82, 2.24) is 14.5 Å². The van der Waals surface area contributed by atoms with Crippen molar-refractivity contribution in [1.29, 1.82) is 0 Å². The van der Waals surface area contributed by atoms with Gasteiger partial charge in [0.1, 0.15) is 0 Å². The molecule has 3 heteroatoms. The van der Waals surface area contributed by atoms with Crippen molar-refractivity contribution in [3.63, 3.8) is 0 Å². The van der Waals surface area contributed by atoms with Gasteiger partial charge in [0.15, 0.2) is 0 Å². The van der Waals surface area contributed by atoms with E-state index in [1.807, 2.05) is 12.4 Å². The summed E-state index contributed by atoms with van der Waals surface area (Å²) < 4.78 is 2.62. The molecule has 2 heterocycles. The lowest BCUT2D eigenvalue weighted by Gasteiger charge is -2.21. The van der Waals surface area contributed by atoms with E-state index < -0.39 is 0 Å². The number of benzene rings is 6. The van der Waals surface area contributed by atoms with E-state index in [-0.39, 0.29) is 0 Å². The molecule has 0 amide bonds. The lowest BCUT2D eigenvalue weighted by atomic mass is 9.84. The summed E-state index contributed by atoms with van der Waals surface area (Å²) in [6.45, 7) is 0. The van der Waals surface area contributed by atoms with Crippen molar-refractivity contribution in [2.75, 3.05) is 0 Å². The van der Waals surface area contributed by atoms with Gasteiger partial charge in [0, 0.05) is 34.9 Å². The average molecular weight is 682 g/mol. The third kappa shape index (κ3) is 4.87. The smallest absolute Gasteiger partial charge is 0.0968 e. The van der Waals surface area contributed by atoms with Crippen molar-refractivity contribution < 1.29 is 0 Å². The third-order valence-electron chi connectivity index (χ3n) is 12.1. The molecular weight excluding hydrogens is 643 g/mol. The molecule has 0 bridgehead atoms. The van der Waals surface area contributed by atoms with Crippen LogP contribution in [0.15, 0.2) is 128 Å². The molecule has 0 spiro atoms. The normalized spacial score (nSPS) is 15.0. The summed E-state index contributed by atoms with van der Waals surface area (Å²) in [5.74, 6) is 0. The fourth-order valence-corrected chi connectivity index (χ4v) is 9.69. The van der Waals surface area contributed by atoms with Crippen molar-refractivity contribution in [2.45, 2.75) is 51.4 Å². The summed E-state index contributed by atoms with van der Waals surface area (Å²) in [5.41, 5.74) is 19.8. The van der Waals surface area contributed by atoms with E-state index in [0.29, 0.717) is 0 Å². The van der Waals surface area contributed by atoms with Crippen LogP contribution in [-0.4, -0.2) is 14.5 Å². The number of rotatable bonds is 4. The number of fused-ring (bicyclic) bond motifs is 10. The Morgan fingerprint density at radius 2 is 1.19 bits per heavy atom. The molecule has 0 saturated carbocycles. The van der Waals surface area contributed by atoms with Crippen LogP contribution in [0.25, 0.3) is 78.2 Å². The van der Waals surface area contributed by atoms with Crippen LogP contribution < -0.4 is 0 Å². The topological polar surface area (TPSA) is 30.7 Å². The highest BCUT2D eigenvalue weighted by Crippen LogP contribution is 2.42. The van der Waals surface area contributed by atoms with Crippen LogP contribution in [0.5, 0.6) is 0 Å². The molecule has 0 unspecified atom stereocenters. The summed E-state index contributed by atoms with van der Waals surface area (Å²) in [4.78, 5) is 9.56. The van der Waals surface area contributed by atoms with E-state index in [2.05, 4.69) is 132 Å². The molecule has 0 aliphatic heterocycles. The van der Waals surface area contributed by atoms with Crippen LogP contribution in [-0.2, 0) is 25.7 Å². The van der Waals surface area contributed by atoms with Gasteiger partial charge in [0.05, 0.1) is 11.0 Å². The first kappa shape index (κ1) is 30.6. The summed E-state index contributed by atoms with van der Waals surface area (Å²) in [6.07, 6.45) is 19.9. The van der Waals surface area contributed by atoms with Crippen LogP contribution in [0.1, 0.15) is 64.9 Å². The maximum absolute atomic E-state index is 4.81. The molecule has 0 saturated heterocycles. The molecule has 3 nitrogen and oxygen atoms in total. The molecule has 2 aromatic heterocycles. The minimum Gasteiger partial charge on any atom is -0.317 e. The van der Waals surface area contributed by atoms with Gasteiger partial charge in [0.2, 0.25) is 0 Å². The number of aromatic nitrogens is 3. The first-order valence-electron chi connectivity index (χ1n) is 19.3. The van der Waals surface area contributed by atoms with Gasteiger partial charge in [-0.3, -0.25) is 9.97 Å². The summed E-state index contributed by atoms with van der Waals surface area (Å²) in [6, 6.07) is 40.8. The lowest BCUT2D eigenvalue weighted by molar-refractivity contribution is 0.660. The van der Waals surface area contributed by atoms with Gasteiger partial charge >= 0.3 is 0 Å². The minimum atomic E-state index is 0.952. The third-order valence-corrected chi connectivity index (χ3v) is 12.1. The number of hydrogen-bond acceptors (Lipinski definition) is 2. The minimum absolute atomic E-state index is 0.952. The Hall–Kier alpha value is -6.06. The largest absolute Gasteiger partial charge is 0.317 e. The van der Waals surface area contributed by atoms with Gasteiger partial charge in [-0.2, -0.15) is 0 Å². The van der Waals surface area contributed by atoms with Crippen LogP contribution in [0.2, 0.25) is 0 Å².